The van der Waals surface area contributed by atoms with Crippen molar-refractivity contribution in [3.63, 3.8) is 0 Å². The van der Waals surface area contributed by atoms with Gasteiger partial charge in [-0.2, -0.15) is 4.98 Å². The Balaban J connectivity index is 1.75. The Morgan fingerprint density at radius 3 is 2.46 bits per heavy atom. The summed E-state index contributed by atoms with van der Waals surface area (Å²) in [6, 6.07) is 17.7. The molecule has 0 aliphatic rings. The number of methoxy groups -OCH3 is 2. The van der Waals surface area contributed by atoms with Crippen LogP contribution in [-0.2, 0) is 6.54 Å². The Morgan fingerprint density at radius 1 is 0.962 bits per heavy atom. The van der Waals surface area contributed by atoms with Gasteiger partial charge in [-0.05, 0) is 23.8 Å². The minimum absolute atomic E-state index is 0.652. The van der Waals surface area contributed by atoms with Gasteiger partial charge in [0.25, 0.3) is 0 Å². The Bertz CT molecular complexity index is 855. The molecular weight excluding hydrogens is 328 g/mol. The number of nitrogens with one attached hydrogen (secondary N) is 1. The van der Waals surface area contributed by atoms with Crippen LogP contribution in [0, 0.1) is 0 Å². The first-order valence-corrected chi connectivity index (χ1v) is 8.27. The highest BCUT2D eigenvalue weighted by molar-refractivity contribution is 5.61. The van der Waals surface area contributed by atoms with Gasteiger partial charge >= 0.3 is 0 Å². The average Bonchev–Trinajstić information content (AvgIpc) is 2.69. The molecule has 1 aromatic heterocycles. The maximum absolute atomic E-state index is 5.34. The highest BCUT2D eigenvalue weighted by atomic mass is 16.5. The van der Waals surface area contributed by atoms with E-state index in [4.69, 9.17) is 9.47 Å². The van der Waals surface area contributed by atoms with Crippen LogP contribution in [0.25, 0.3) is 0 Å². The van der Waals surface area contributed by atoms with Crippen LogP contribution in [0.15, 0.2) is 60.8 Å². The number of ether oxygens (including phenoxy) is 2. The molecule has 0 spiro atoms. The van der Waals surface area contributed by atoms with Crippen molar-refractivity contribution in [2.45, 2.75) is 6.54 Å². The zero-order valence-electron chi connectivity index (χ0n) is 15.1. The Hall–Kier alpha value is -3.28. The van der Waals surface area contributed by atoms with Crippen LogP contribution in [0.1, 0.15) is 5.56 Å². The molecule has 3 aromatic rings. The quantitative estimate of drug-likeness (QED) is 0.698. The molecule has 0 amide bonds. The van der Waals surface area contributed by atoms with Gasteiger partial charge in [-0.15, -0.1) is 0 Å². The second-order valence-electron chi connectivity index (χ2n) is 5.78. The monoisotopic (exact) mass is 350 g/mol. The molecule has 0 saturated carbocycles. The third kappa shape index (κ3) is 4.22. The number of benzene rings is 2. The molecule has 0 saturated heterocycles. The van der Waals surface area contributed by atoms with E-state index < -0.39 is 0 Å². The molecule has 26 heavy (non-hydrogen) atoms. The Labute approximate surface area is 153 Å². The summed E-state index contributed by atoms with van der Waals surface area (Å²) in [5, 5.41) is 3.28. The summed E-state index contributed by atoms with van der Waals surface area (Å²) in [5.41, 5.74) is 2.06. The maximum atomic E-state index is 5.34. The first-order valence-electron chi connectivity index (χ1n) is 8.27. The number of hydrogen-bond donors (Lipinski definition) is 1. The summed E-state index contributed by atoms with van der Waals surface area (Å²) >= 11 is 0. The molecule has 0 atom stereocenters. The normalized spacial score (nSPS) is 10.3. The molecule has 0 bridgehead atoms. The molecule has 6 heteroatoms. The zero-order valence-corrected chi connectivity index (χ0v) is 15.1. The highest BCUT2D eigenvalue weighted by Gasteiger charge is 2.08. The fourth-order valence-electron chi connectivity index (χ4n) is 2.59. The minimum atomic E-state index is 0.652. The van der Waals surface area contributed by atoms with Crippen molar-refractivity contribution in [1.82, 2.24) is 9.97 Å². The molecule has 1 heterocycles. The SMILES string of the molecule is COc1ccc(Nc2ccnc(N(C)Cc3ccccc3)n2)cc1OC. The molecule has 1 N–H and O–H groups in total. The van der Waals surface area contributed by atoms with Crippen LogP contribution < -0.4 is 19.7 Å². The molecule has 0 unspecified atom stereocenters. The zero-order chi connectivity index (χ0) is 18.4. The van der Waals surface area contributed by atoms with Gasteiger partial charge in [-0.3, -0.25) is 0 Å². The van der Waals surface area contributed by atoms with Crippen molar-refractivity contribution in [3.8, 4) is 11.5 Å². The van der Waals surface area contributed by atoms with Gasteiger partial charge in [0.05, 0.1) is 14.2 Å². The molecule has 0 aliphatic heterocycles. The predicted octanol–water partition coefficient (Wildman–Crippen LogP) is 3.87. The number of rotatable bonds is 7. The standard InChI is InChI=1S/C20H22N4O2/c1-24(14-15-7-5-4-6-8-15)20-21-12-11-19(23-20)22-16-9-10-17(25-2)18(13-16)26-3/h4-13H,14H2,1-3H3,(H,21,22,23). The van der Waals surface area contributed by atoms with E-state index in [9.17, 15) is 0 Å². The largest absolute Gasteiger partial charge is 0.493 e. The fraction of sp³-hybridized carbons (Fsp3) is 0.200. The lowest BCUT2D eigenvalue weighted by Gasteiger charge is -2.18. The summed E-state index contributed by atoms with van der Waals surface area (Å²) in [6.45, 7) is 0.737. The lowest BCUT2D eigenvalue weighted by Crippen LogP contribution is -2.19. The van der Waals surface area contributed by atoms with Crippen molar-refractivity contribution >= 4 is 17.5 Å². The molecule has 6 nitrogen and oxygen atoms in total. The lowest BCUT2D eigenvalue weighted by molar-refractivity contribution is 0.355. The van der Waals surface area contributed by atoms with Gasteiger partial charge in [0.15, 0.2) is 11.5 Å². The van der Waals surface area contributed by atoms with E-state index >= 15 is 0 Å². The molecule has 134 valence electrons. The van der Waals surface area contributed by atoms with E-state index in [0.717, 1.165) is 12.2 Å². The van der Waals surface area contributed by atoms with Crippen molar-refractivity contribution in [2.24, 2.45) is 0 Å². The average molecular weight is 350 g/mol. The van der Waals surface area contributed by atoms with Gasteiger partial charge in [0, 0.05) is 31.5 Å². The summed E-state index contributed by atoms with van der Waals surface area (Å²) in [4.78, 5) is 11.0. The third-order valence-electron chi connectivity index (χ3n) is 3.90. The van der Waals surface area contributed by atoms with E-state index in [0.29, 0.717) is 23.3 Å². The summed E-state index contributed by atoms with van der Waals surface area (Å²) < 4.78 is 10.6. The van der Waals surface area contributed by atoms with Crippen LogP contribution in [0.2, 0.25) is 0 Å². The second-order valence-corrected chi connectivity index (χ2v) is 5.78. The van der Waals surface area contributed by atoms with Crippen molar-refractivity contribution in [2.75, 3.05) is 31.5 Å². The van der Waals surface area contributed by atoms with E-state index in [1.807, 2.05) is 54.4 Å². The lowest BCUT2D eigenvalue weighted by atomic mass is 10.2. The van der Waals surface area contributed by atoms with Gasteiger partial charge < -0.3 is 19.7 Å². The van der Waals surface area contributed by atoms with Crippen LogP contribution >= 0.6 is 0 Å². The molecule has 0 aliphatic carbocycles. The van der Waals surface area contributed by atoms with Crippen LogP contribution in [0.4, 0.5) is 17.5 Å². The number of nitrogens with zero attached hydrogens (tertiary/aromatic N) is 3. The van der Waals surface area contributed by atoms with E-state index in [-0.39, 0.29) is 0 Å². The summed E-state index contributed by atoms with van der Waals surface area (Å²) in [5.74, 6) is 2.71. The fourth-order valence-corrected chi connectivity index (χ4v) is 2.59. The molecule has 0 fully saturated rings. The van der Waals surface area contributed by atoms with E-state index in [1.165, 1.54) is 5.56 Å². The first-order chi connectivity index (χ1) is 12.7. The van der Waals surface area contributed by atoms with Gasteiger partial charge in [-0.25, -0.2) is 4.98 Å². The molecule has 3 rings (SSSR count). The third-order valence-corrected chi connectivity index (χ3v) is 3.90. The van der Waals surface area contributed by atoms with Gasteiger partial charge in [-0.1, -0.05) is 30.3 Å². The minimum Gasteiger partial charge on any atom is -0.493 e. The maximum Gasteiger partial charge on any atom is 0.227 e. The Kier molecular flexibility index (Phi) is 5.53. The topological polar surface area (TPSA) is 59.5 Å². The first kappa shape index (κ1) is 17.5. The molecule has 0 radical (unpaired) electrons. The smallest absolute Gasteiger partial charge is 0.227 e. The molecule has 2 aromatic carbocycles. The van der Waals surface area contributed by atoms with Gasteiger partial charge in [0.1, 0.15) is 5.82 Å². The predicted molar refractivity (Wildman–Crippen MR) is 103 cm³/mol. The Morgan fingerprint density at radius 2 is 1.73 bits per heavy atom. The number of aromatic nitrogens is 2. The number of anilines is 3. The van der Waals surface area contributed by atoms with Crippen molar-refractivity contribution < 1.29 is 9.47 Å². The summed E-state index contributed by atoms with van der Waals surface area (Å²) in [7, 11) is 5.20. The second kappa shape index (κ2) is 8.20. The van der Waals surface area contributed by atoms with Crippen LogP contribution in [-0.4, -0.2) is 31.2 Å². The summed E-state index contributed by atoms with van der Waals surface area (Å²) in [6.07, 6.45) is 1.74. The van der Waals surface area contributed by atoms with Crippen LogP contribution in [0.3, 0.4) is 0 Å². The van der Waals surface area contributed by atoms with E-state index in [1.54, 1.807) is 20.4 Å². The van der Waals surface area contributed by atoms with Crippen molar-refractivity contribution in [1.29, 1.82) is 0 Å². The van der Waals surface area contributed by atoms with E-state index in [2.05, 4.69) is 27.4 Å². The highest BCUT2D eigenvalue weighted by Crippen LogP contribution is 2.30. The van der Waals surface area contributed by atoms with Crippen molar-refractivity contribution in [3.05, 3.63) is 66.4 Å². The number of hydrogen-bond acceptors (Lipinski definition) is 6. The van der Waals surface area contributed by atoms with Crippen LogP contribution in [0.5, 0.6) is 11.5 Å². The van der Waals surface area contributed by atoms with Gasteiger partial charge in [0.2, 0.25) is 5.95 Å². The molecular formula is C20H22N4O2.